The van der Waals surface area contributed by atoms with Crippen LogP contribution in [0.25, 0.3) is 0 Å². The molecule has 0 spiro atoms. The third-order valence-electron chi connectivity index (χ3n) is 3.02. The highest BCUT2D eigenvalue weighted by Gasteiger charge is 2.22. The van der Waals surface area contributed by atoms with Crippen LogP contribution < -0.4 is 14.9 Å². The molecular formula is C14H16N2O4S. The summed E-state index contributed by atoms with van der Waals surface area (Å²) in [6.07, 6.45) is 2.55. The van der Waals surface area contributed by atoms with E-state index in [4.69, 9.17) is 4.74 Å². The molecule has 0 radical (unpaired) electrons. The maximum absolute atomic E-state index is 12.3. The lowest BCUT2D eigenvalue weighted by Crippen LogP contribution is -2.30. The summed E-state index contributed by atoms with van der Waals surface area (Å²) in [6.45, 7) is 1.69. The molecule has 21 heavy (non-hydrogen) atoms. The second kappa shape index (κ2) is 6.11. The van der Waals surface area contributed by atoms with Gasteiger partial charge in [0.2, 0.25) is 15.5 Å². The fourth-order valence-electron chi connectivity index (χ4n) is 1.99. The van der Waals surface area contributed by atoms with Gasteiger partial charge in [-0.05, 0) is 13.0 Å². The van der Waals surface area contributed by atoms with E-state index in [-0.39, 0.29) is 4.90 Å². The topological polar surface area (TPSA) is 88.3 Å². The van der Waals surface area contributed by atoms with E-state index in [1.165, 1.54) is 25.6 Å². The Morgan fingerprint density at radius 3 is 2.62 bits per heavy atom. The predicted octanol–water partition coefficient (Wildman–Crippen LogP) is 1.42. The maximum atomic E-state index is 12.3. The van der Waals surface area contributed by atoms with Crippen LogP contribution in [0.15, 0.2) is 52.4 Å². The number of ether oxygens (including phenoxy) is 1. The summed E-state index contributed by atoms with van der Waals surface area (Å²) in [7, 11) is -2.40. The lowest BCUT2D eigenvalue weighted by Gasteiger charge is -2.17. The molecule has 2 aromatic rings. The van der Waals surface area contributed by atoms with Gasteiger partial charge in [0, 0.05) is 30.1 Å². The van der Waals surface area contributed by atoms with Crippen molar-refractivity contribution in [3.8, 4) is 5.75 Å². The average molecular weight is 308 g/mol. The predicted molar refractivity (Wildman–Crippen MR) is 78.8 cm³/mol. The number of sulfonamides is 1. The van der Waals surface area contributed by atoms with E-state index in [2.05, 4.69) is 9.71 Å². The minimum Gasteiger partial charge on any atom is -0.496 e. The fourth-order valence-corrected chi connectivity index (χ4v) is 3.27. The van der Waals surface area contributed by atoms with E-state index in [0.717, 1.165) is 0 Å². The molecule has 0 aliphatic heterocycles. The molecule has 1 unspecified atom stereocenters. The average Bonchev–Trinajstić information content (AvgIpc) is 2.47. The van der Waals surface area contributed by atoms with Crippen LogP contribution in [-0.2, 0) is 10.0 Å². The SMILES string of the molecule is COc1ccccc1C(C)NS(=O)(=O)c1c[nH]ccc1=O. The summed E-state index contributed by atoms with van der Waals surface area (Å²) in [6, 6.07) is 7.73. The zero-order chi connectivity index (χ0) is 15.5. The monoisotopic (exact) mass is 308 g/mol. The second-order valence-electron chi connectivity index (χ2n) is 4.46. The Morgan fingerprint density at radius 1 is 1.24 bits per heavy atom. The summed E-state index contributed by atoms with van der Waals surface area (Å²) in [4.78, 5) is 13.9. The first-order valence-electron chi connectivity index (χ1n) is 6.28. The van der Waals surface area contributed by atoms with Gasteiger partial charge in [-0.15, -0.1) is 0 Å². The number of hydrogen-bond acceptors (Lipinski definition) is 4. The zero-order valence-electron chi connectivity index (χ0n) is 11.7. The number of hydrogen-bond donors (Lipinski definition) is 2. The number of methoxy groups -OCH3 is 1. The van der Waals surface area contributed by atoms with Crippen LogP contribution in [-0.4, -0.2) is 20.5 Å². The molecule has 1 atom stereocenters. The highest BCUT2D eigenvalue weighted by Crippen LogP contribution is 2.25. The normalized spacial score (nSPS) is 12.9. The van der Waals surface area contributed by atoms with Crippen molar-refractivity contribution in [3.05, 3.63) is 58.5 Å². The van der Waals surface area contributed by atoms with Crippen LogP contribution in [0.1, 0.15) is 18.5 Å². The summed E-state index contributed by atoms with van der Waals surface area (Å²) in [5.41, 5.74) is 0.129. The molecule has 0 fully saturated rings. The molecule has 1 heterocycles. The standard InChI is InChI=1S/C14H16N2O4S/c1-10(11-5-3-4-6-13(11)20-2)16-21(18,19)14-9-15-8-7-12(14)17/h3-10,16H,1-2H3,(H,15,17). The van der Waals surface area contributed by atoms with E-state index in [1.54, 1.807) is 31.2 Å². The van der Waals surface area contributed by atoms with Crippen LogP contribution in [0.3, 0.4) is 0 Å². The smallest absolute Gasteiger partial charge is 0.246 e. The lowest BCUT2D eigenvalue weighted by atomic mass is 10.1. The van der Waals surface area contributed by atoms with Gasteiger partial charge in [0.15, 0.2) is 0 Å². The molecule has 0 aliphatic carbocycles. The van der Waals surface area contributed by atoms with Gasteiger partial charge < -0.3 is 9.72 Å². The van der Waals surface area contributed by atoms with Gasteiger partial charge in [0.25, 0.3) is 0 Å². The lowest BCUT2D eigenvalue weighted by molar-refractivity contribution is 0.405. The number of nitrogens with one attached hydrogen (secondary N) is 2. The van der Waals surface area contributed by atoms with Crippen molar-refractivity contribution in [2.24, 2.45) is 0 Å². The van der Waals surface area contributed by atoms with Crippen molar-refractivity contribution in [2.75, 3.05) is 7.11 Å². The van der Waals surface area contributed by atoms with Crippen LogP contribution >= 0.6 is 0 Å². The first kappa shape index (κ1) is 15.3. The quantitative estimate of drug-likeness (QED) is 0.874. The number of aromatic nitrogens is 1. The Balaban J connectivity index is 2.33. The fraction of sp³-hybridized carbons (Fsp3) is 0.214. The van der Waals surface area contributed by atoms with Gasteiger partial charge >= 0.3 is 0 Å². The molecule has 1 aromatic carbocycles. The van der Waals surface area contributed by atoms with E-state index in [0.29, 0.717) is 11.3 Å². The van der Waals surface area contributed by atoms with Crippen LogP contribution in [0.4, 0.5) is 0 Å². The van der Waals surface area contributed by atoms with Gasteiger partial charge in [-0.3, -0.25) is 4.79 Å². The highest BCUT2D eigenvalue weighted by atomic mass is 32.2. The molecule has 0 amide bonds. The molecule has 0 bridgehead atoms. The van der Waals surface area contributed by atoms with Crippen molar-refractivity contribution in [2.45, 2.75) is 17.9 Å². The number of aromatic amines is 1. The van der Waals surface area contributed by atoms with E-state index >= 15 is 0 Å². The number of H-pyrrole nitrogens is 1. The second-order valence-corrected chi connectivity index (χ2v) is 6.14. The first-order valence-corrected chi connectivity index (χ1v) is 7.76. The Kier molecular flexibility index (Phi) is 4.44. The van der Waals surface area contributed by atoms with Gasteiger partial charge in [-0.1, -0.05) is 18.2 Å². The molecule has 1 aromatic heterocycles. The minimum absolute atomic E-state index is 0.313. The van der Waals surface area contributed by atoms with Crippen molar-refractivity contribution in [3.63, 3.8) is 0 Å². The zero-order valence-corrected chi connectivity index (χ0v) is 12.5. The first-order chi connectivity index (χ1) is 9.95. The summed E-state index contributed by atoms with van der Waals surface area (Å²) < 4.78 is 32.2. The number of para-hydroxylation sites is 1. The highest BCUT2D eigenvalue weighted by molar-refractivity contribution is 7.89. The molecular weight excluding hydrogens is 292 g/mol. The van der Waals surface area contributed by atoms with Crippen molar-refractivity contribution in [1.82, 2.24) is 9.71 Å². The Bertz CT molecular complexity index is 783. The molecule has 6 nitrogen and oxygen atoms in total. The molecule has 2 rings (SSSR count). The number of benzene rings is 1. The number of rotatable bonds is 5. The molecule has 7 heteroatoms. The van der Waals surface area contributed by atoms with Crippen LogP contribution in [0.5, 0.6) is 5.75 Å². The van der Waals surface area contributed by atoms with Gasteiger partial charge in [0.05, 0.1) is 7.11 Å². The maximum Gasteiger partial charge on any atom is 0.246 e. The van der Waals surface area contributed by atoms with Gasteiger partial charge in [-0.2, -0.15) is 0 Å². The summed E-state index contributed by atoms with van der Waals surface area (Å²) >= 11 is 0. The third kappa shape index (κ3) is 3.32. The Hall–Kier alpha value is -2.12. The van der Waals surface area contributed by atoms with E-state index in [1.807, 2.05) is 0 Å². The molecule has 0 aliphatic rings. The third-order valence-corrected chi connectivity index (χ3v) is 4.58. The van der Waals surface area contributed by atoms with E-state index in [9.17, 15) is 13.2 Å². The van der Waals surface area contributed by atoms with E-state index < -0.39 is 21.5 Å². The van der Waals surface area contributed by atoms with Gasteiger partial charge in [-0.25, -0.2) is 13.1 Å². The van der Waals surface area contributed by atoms with Crippen LogP contribution in [0, 0.1) is 0 Å². The Labute approximate surface area is 122 Å². The molecule has 0 saturated heterocycles. The molecule has 112 valence electrons. The number of pyridine rings is 1. The van der Waals surface area contributed by atoms with Crippen molar-refractivity contribution >= 4 is 10.0 Å². The van der Waals surface area contributed by atoms with Crippen molar-refractivity contribution < 1.29 is 13.2 Å². The van der Waals surface area contributed by atoms with Crippen molar-refractivity contribution in [1.29, 1.82) is 0 Å². The van der Waals surface area contributed by atoms with Crippen LogP contribution in [0.2, 0.25) is 0 Å². The van der Waals surface area contributed by atoms with Gasteiger partial charge in [0.1, 0.15) is 10.6 Å². The summed E-state index contributed by atoms with van der Waals surface area (Å²) in [5, 5.41) is 0. The largest absolute Gasteiger partial charge is 0.496 e. The minimum atomic E-state index is -3.91. The molecule has 2 N–H and O–H groups in total. The molecule has 0 saturated carbocycles. The summed E-state index contributed by atoms with van der Waals surface area (Å²) in [5.74, 6) is 0.578. The Morgan fingerprint density at radius 2 is 1.95 bits per heavy atom.